The molecule has 33 heavy (non-hydrogen) atoms. The number of aliphatic hydroxyl groups excluding tert-OH is 1. The molecule has 2 aromatic rings. The van der Waals surface area contributed by atoms with Crippen LogP contribution < -0.4 is 9.47 Å². The first-order chi connectivity index (χ1) is 16.0. The first-order valence-electron chi connectivity index (χ1n) is 11.4. The predicted octanol–water partition coefficient (Wildman–Crippen LogP) is 3.61. The summed E-state index contributed by atoms with van der Waals surface area (Å²) in [6, 6.07) is 13.5. The van der Waals surface area contributed by atoms with Crippen molar-refractivity contribution >= 4 is 17.4 Å². The van der Waals surface area contributed by atoms with E-state index in [0.717, 1.165) is 25.9 Å². The average molecular weight is 451 g/mol. The Kier molecular flexibility index (Phi) is 6.99. The highest BCUT2D eigenvalue weighted by Crippen LogP contribution is 2.41. The number of ketones is 1. The molecule has 0 bridgehead atoms. The molecular formula is C26H30N2O5. The Bertz CT molecular complexity index is 1040. The van der Waals surface area contributed by atoms with Crippen LogP contribution in [0, 0.1) is 0 Å². The minimum atomic E-state index is -0.711. The Morgan fingerprint density at radius 1 is 1.03 bits per heavy atom. The van der Waals surface area contributed by atoms with Gasteiger partial charge in [-0.2, -0.15) is 0 Å². The molecule has 2 saturated heterocycles. The third-order valence-corrected chi connectivity index (χ3v) is 6.25. The van der Waals surface area contributed by atoms with Crippen molar-refractivity contribution in [2.24, 2.45) is 0 Å². The number of carbonyl (C=O) groups excluding carboxylic acids is 2. The highest BCUT2D eigenvalue weighted by Gasteiger charge is 2.46. The molecular weight excluding hydrogens is 420 g/mol. The number of rotatable bonds is 8. The summed E-state index contributed by atoms with van der Waals surface area (Å²) in [5, 5.41) is 11.1. The highest BCUT2D eigenvalue weighted by atomic mass is 16.5. The van der Waals surface area contributed by atoms with Gasteiger partial charge >= 0.3 is 0 Å². The maximum Gasteiger partial charge on any atom is 0.295 e. The summed E-state index contributed by atoms with van der Waals surface area (Å²) in [6.45, 7) is 5.45. The minimum absolute atomic E-state index is 0.0961. The third kappa shape index (κ3) is 4.59. The summed E-state index contributed by atoms with van der Waals surface area (Å²) < 4.78 is 11.1. The lowest BCUT2D eigenvalue weighted by atomic mass is 9.95. The van der Waals surface area contributed by atoms with Crippen LogP contribution in [-0.4, -0.2) is 66.5 Å². The number of hydrogen-bond donors (Lipinski definition) is 1. The van der Waals surface area contributed by atoms with Gasteiger partial charge in [-0.15, -0.1) is 0 Å². The molecule has 0 saturated carbocycles. The fourth-order valence-electron chi connectivity index (χ4n) is 4.59. The van der Waals surface area contributed by atoms with Crippen LogP contribution >= 0.6 is 0 Å². The van der Waals surface area contributed by atoms with Gasteiger partial charge < -0.3 is 24.4 Å². The van der Waals surface area contributed by atoms with Gasteiger partial charge in [-0.3, -0.25) is 9.59 Å². The van der Waals surface area contributed by atoms with Crippen molar-refractivity contribution in [2.75, 3.05) is 39.9 Å². The number of carbonyl (C=O) groups is 2. The van der Waals surface area contributed by atoms with Crippen molar-refractivity contribution in [3.05, 3.63) is 65.2 Å². The molecule has 1 N–H and O–H groups in total. The van der Waals surface area contributed by atoms with Crippen LogP contribution in [0.1, 0.15) is 36.9 Å². The smallest absolute Gasteiger partial charge is 0.295 e. The predicted molar refractivity (Wildman–Crippen MR) is 125 cm³/mol. The van der Waals surface area contributed by atoms with Crippen molar-refractivity contribution in [3.8, 4) is 11.5 Å². The first-order valence-corrected chi connectivity index (χ1v) is 11.4. The second kappa shape index (κ2) is 10.1. The maximum absolute atomic E-state index is 13.2. The van der Waals surface area contributed by atoms with Gasteiger partial charge in [0.2, 0.25) is 0 Å². The Labute approximate surface area is 194 Å². The van der Waals surface area contributed by atoms with Gasteiger partial charge in [0.15, 0.2) is 11.5 Å². The normalized spacial score (nSPS) is 20.4. The Balaban J connectivity index is 1.78. The van der Waals surface area contributed by atoms with Gasteiger partial charge in [0.25, 0.3) is 11.7 Å². The van der Waals surface area contributed by atoms with Crippen molar-refractivity contribution in [3.63, 3.8) is 0 Å². The molecule has 2 aliphatic heterocycles. The van der Waals surface area contributed by atoms with Gasteiger partial charge in [-0.25, -0.2) is 0 Å². The van der Waals surface area contributed by atoms with Crippen LogP contribution in [0.4, 0.5) is 0 Å². The molecule has 1 unspecified atom stereocenters. The number of methoxy groups -OCH3 is 1. The summed E-state index contributed by atoms with van der Waals surface area (Å²) in [5.41, 5.74) is 1.28. The van der Waals surface area contributed by atoms with E-state index >= 15 is 0 Å². The topological polar surface area (TPSA) is 79.3 Å². The fraction of sp³-hybridized carbons (Fsp3) is 0.385. The zero-order valence-corrected chi connectivity index (χ0v) is 19.1. The number of aliphatic hydroxyl groups is 1. The van der Waals surface area contributed by atoms with Crippen molar-refractivity contribution in [1.82, 2.24) is 9.80 Å². The monoisotopic (exact) mass is 450 g/mol. The van der Waals surface area contributed by atoms with Gasteiger partial charge in [0.05, 0.1) is 25.3 Å². The molecule has 7 heteroatoms. The van der Waals surface area contributed by atoms with E-state index in [-0.39, 0.29) is 11.3 Å². The lowest BCUT2D eigenvalue weighted by Crippen LogP contribution is -2.37. The molecule has 2 aliphatic rings. The van der Waals surface area contributed by atoms with E-state index in [9.17, 15) is 14.7 Å². The molecule has 2 aromatic carbocycles. The molecule has 0 aromatic heterocycles. The number of nitrogens with zero attached hydrogens (tertiary/aromatic N) is 2. The van der Waals surface area contributed by atoms with Crippen LogP contribution in [0.15, 0.2) is 54.1 Å². The second-order valence-corrected chi connectivity index (χ2v) is 8.25. The Hall–Kier alpha value is -3.32. The molecule has 0 radical (unpaired) electrons. The molecule has 4 rings (SSSR count). The molecule has 174 valence electrons. The molecule has 1 atom stereocenters. The molecule has 1 amide bonds. The van der Waals surface area contributed by atoms with Gasteiger partial charge in [-0.1, -0.05) is 36.4 Å². The fourth-order valence-corrected chi connectivity index (χ4v) is 4.59. The van der Waals surface area contributed by atoms with E-state index < -0.39 is 17.7 Å². The van der Waals surface area contributed by atoms with Gasteiger partial charge in [-0.05, 0) is 50.6 Å². The van der Waals surface area contributed by atoms with Crippen LogP contribution in [0.2, 0.25) is 0 Å². The largest absolute Gasteiger partial charge is 0.507 e. The van der Waals surface area contributed by atoms with E-state index in [4.69, 9.17) is 9.47 Å². The Morgan fingerprint density at radius 2 is 1.76 bits per heavy atom. The van der Waals surface area contributed by atoms with E-state index in [1.165, 1.54) is 0 Å². The minimum Gasteiger partial charge on any atom is -0.507 e. The lowest BCUT2D eigenvalue weighted by molar-refractivity contribution is -0.140. The molecule has 2 fully saturated rings. The first kappa shape index (κ1) is 22.9. The van der Waals surface area contributed by atoms with Crippen LogP contribution in [-0.2, 0) is 9.59 Å². The number of Topliss-reactive ketones (excluding diaryl/α,β-unsaturated/α-hetero) is 1. The lowest BCUT2D eigenvalue weighted by Gasteiger charge is -2.28. The SMILES string of the molecule is CCOc1ccc(C2/C(=C(\O)c3ccccc3)C(=O)C(=O)N2CCN2CCCC2)cc1OC. The summed E-state index contributed by atoms with van der Waals surface area (Å²) in [4.78, 5) is 30.1. The summed E-state index contributed by atoms with van der Waals surface area (Å²) in [6.07, 6.45) is 2.29. The standard InChI is InChI=1S/C26H30N2O5/c1-3-33-20-12-11-19(17-21(20)32-2)23-22(24(29)18-9-5-4-6-10-18)25(30)26(31)28(23)16-15-27-13-7-8-14-27/h4-6,9-12,17,23,29H,3,7-8,13-16H2,1-2H3/b24-22+. The van der Waals surface area contributed by atoms with Crippen LogP contribution in [0.25, 0.3) is 5.76 Å². The zero-order chi connectivity index (χ0) is 23.4. The average Bonchev–Trinajstić information content (AvgIpc) is 3.45. The number of hydrogen-bond acceptors (Lipinski definition) is 6. The van der Waals surface area contributed by atoms with Crippen molar-refractivity contribution in [2.45, 2.75) is 25.8 Å². The van der Waals surface area contributed by atoms with Gasteiger partial charge in [0, 0.05) is 18.7 Å². The summed E-state index contributed by atoms with van der Waals surface area (Å²) >= 11 is 0. The number of likely N-dealkylation sites (tertiary alicyclic amines) is 2. The number of benzene rings is 2. The summed E-state index contributed by atoms with van der Waals surface area (Å²) in [5.74, 6) is -0.337. The van der Waals surface area contributed by atoms with Crippen LogP contribution in [0.5, 0.6) is 11.5 Å². The van der Waals surface area contributed by atoms with Crippen molar-refractivity contribution < 1.29 is 24.2 Å². The second-order valence-electron chi connectivity index (χ2n) is 8.25. The number of amides is 1. The molecule has 7 nitrogen and oxygen atoms in total. The van der Waals surface area contributed by atoms with E-state index in [0.29, 0.717) is 42.3 Å². The van der Waals surface area contributed by atoms with Crippen molar-refractivity contribution in [1.29, 1.82) is 0 Å². The van der Waals surface area contributed by atoms with E-state index in [2.05, 4.69) is 4.90 Å². The summed E-state index contributed by atoms with van der Waals surface area (Å²) in [7, 11) is 1.55. The zero-order valence-electron chi connectivity index (χ0n) is 19.1. The maximum atomic E-state index is 13.2. The molecule has 2 heterocycles. The molecule has 0 spiro atoms. The Morgan fingerprint density at radius 3 is 2.42 bits per heavy atom. The quantitative estimate of drug-likeness (QED) is 0.376. The highest BCUT2D eigenvalue weighted by molar-refractivity contribution is 6.46. The van der Waals surface area contributed by atoms with Crippen LogP contribution in [0.3, 0.4) is 0 Å². The molecule has 0 aliphatic carbocycles. The van der Waals surface area contributed by atoms with Gasteiger partial charge in [0.1, 0.15) is 5.76 Å². The van der Waals surface area contributed by atoms with E-state index in [1.54, 1.807) is 48.4 Å². The van der Waals surface area contributed by atoms with E-state index in [1.807, 2.05) is 19.1 Å². The third-order valence-electron chi connectivity index (χ3n) is 6.25. The number of ether oxygens (including phenoxy) is 2.